The fourth-order valence-corrected chi connectivity index (χ4v) is 5.05. The largest absolute Gasteiger partial charge is 0.505 e. The summed E-state index contributed by atoms with van der Waals surface area (Å²) in [5.41, 5.74) is -0.712. The Hall–Kier alpha value is -3.20. The van der Waals surface area contributed by atoms with Crippen molar-refractivity contribution in [2.24, 2.45) is 0 Å². The van der Waals surface area contributed by atoms with Crippen molar-refractivity contribution < 1.29 is 14.3 Å². The molecule has 0 spiro atoms. The molecule has 1 unspecified atom stereocenters. The number of aryl methyl sites for hydroxylation is 1. The van der Waals surface area contributed by atoms with Gasteiger partial charge < -0.3 is 24.6 Å². The summed E-state index contributed by atoms with van der Waals surface area (Å²) in [6.45, 7) is 2.35. The third-order valence-electron chi connectivity index (χ3n) is 5.49. The lowest BCUT2D eigenvalue weighted by atomic mass is 10.1. The molecule has 1 fully saturated rings. The van der Waals surface area contributed by atoms with Crippen LogP contribution in [0.5, 0.6) is 5.75 Å². The van der Waals surface area contributed by atoms with Gasteiger partial charge in [-0.15, -0.1) is 0 Å². The molecule has 1 aromatic heterocycles. The third kappa shape index (κ3) is 4.00. The molecule has 3 aromatic rings. The van der Waals surface area contributed by atoms with E-state index in [9.17, 15) is 19.5 Å². The number of benzene rings is 1. The molecule has 0 aliphatic carbocycles. The highest BCUT2D eigenvalue weighted by atomic mass is 32.2. The Kier molecular flexibility index (Phi) is 6.01. The molecule has 168 valence electrons. The molecule has 2 heterocycles. The standard InChI is InChI=1S/C23H25N3O5S/c1-13-9-10-17(31-13)26(12-14-6-5-11-32-14)19-18(21(28)22(19)29)24-16-8-4-7-15(20(16)27)23(30)25(2)3/h4,7-10,14,24,27H,5-6,11-12H2,1-3H3. The highest BCUT2D eigenvalue weighted by molar-refractivity contribution is 8.00. The van der Waals surface area contributed by atoms with Crippen molar-refractivity contribution in [3.8, 4) is 5.75 Å². The molecule has 32 heavy (non-hydrogen) atoms. The number of hydrogen-bond acceptors (Lipinski definition) is 8. The van der Waals surface area contributed by atoms with Gasteiger partial charge in [0.05, 0.1) is 11.3 Å². The minimum atomic E-state index is -0.670. The molecule has 1 amide bonds. The zero-order valence-corrected chi connectivity index (χ0v) is 19.0. The molecular weight excluding hydrogens is 430 g/mol. The van der Waals surface area contributed by atoms with Crippen LogP contribution >= 0.6 is 11.8 Å². The number of para-hydroxylation sites is 1. The number of furan rings is 1. The van der Waals surface area contributed by atoms with Gasteiger partial charge in [0, 0.05) is 32.0 Å². The van der Waals surface area contributed by atoms with Crippen LogP contribution in [0.3, 0.4) is 0 Å². The maximum Gasteiger partial charge on any atom is 0.257 e. The molecule has 1 saturated heterocycles. The molecule has 1 aliphatic rings. The Morgan fingerprint density at radius 3 is 2.62 bits per heavy atom. The Bertz CT molecular complexity index is 1220. The van der Waals surface area contributed by atoms with Gasteiger partial charge in [0.25, 0.3) is 16.8 Å². The molecule has 2 aromatic carbocycles. The number of rotatable bonds is 7. The first kappa shape index (κ1) is 22.0. The van der Waals surface area contributed by atoms with E-state index in [0.29, 0.717) is 23.4 Å². The normalized spacial score (nSPS) is 15.8. The number of nitrogens with one attached hydrogen (secondary N) is 1. The summed E-state index contributed by atoms with van der Waals surface area (Å²) in [5.74, 6) is 1.60. The topological polar surface area (TPSA) is 103 Å². The number of aromatic hydroxyl groups is 1. The van der Waals surface area contributed by atoms with Gasteiger partial charge in [-0.1, -0.05) is 6.07 Å². The second kappa shape index (κ2) is 8.74. The van der Waals surface area contributed by atoms with Crippen LogP contribution < -0.4 is 21.1 Å². The van der Waals surface area contributed by atoms with Gasteiger partial charge in [-0.25, -0.2) is 0 Å². The van der Waals surface area contributed by atoms with E-state index in [-0.39, 0.29) is 34.3 Å². The summed E-state index contributed by atoms with van der Waals surface area (Å²) in [5, 5.41) is 13.8. The van der Waals surface area contributed by atoms with E-state index in [1.165, 1.54) is 11.0 Å². The first-order valence-electron chi connectivity index (χ1n) is 10.4. The number of anilines is 4. The van der Waals surface area contributed by atoms with Crippen molar-refractivity contribution in [1.29, 1.82) is 0 Å². The first-order chi connectivity index (χ1) is 15.3. The molecule has 9 heteroatoms. The SMILES string of the molecule is Cc1ccc(N(CC2CCCS2)c2c(Nc3cccc(C(=O)N(C)C)c3O)c(=O)c2=O)o1. The third-order valence-corrected chi connectivity index (χ3v) is 6.87. The zero-order chi connectivity index (χ0) is 23.0. The van der Waals surface area contributed by atoms with Crippen molar-refractivity contribution in [1.82, 2.24) is 4.90 Å². The number of thioether (sulfide) groups is 1. The Morgan fingerprint density at radius 2 is 2.00 bits per heavy atom. The van der Waals surface area contributed by atoms with Crippen LogP contribution in [0.4, 0.5) is 22.9 Å². The maximum absolute atomic E-state index is 12.6. The predicted molar refractivity (Wildman–Crippen MR) is 127 cm³/mol. The smallest absolute Gasteiger partial charge is 0.257 e. The minimum Gasteiger partial charge on any atom is -0.505 e. The average molecular weight is 456 g/mol. The van der Waals surface area contributed by atoms with Crippen LogP contribution in [-0.2, 0) is 0 Å². The van der Waals surface area contributed by atoms with Gasteiger partial charge in [0.1, 0.15) is 17.1 Å². The van der Waals surface area contributed by atoms with Crippen molar-refractivity contribution in [3.05, 3.63) is 62.1 Å². The lowest BCUT2D eigenvalue weighted by molar-refractivity contribution is 0.0824. The molecule has 1 atom stereocenters. The fraction of sp³-hybridized carbons (Fsp3) is 0.348. The summed E-state index contributed by atoms with van der Waals surface area (Å²) in [6, 6.07) is 8.25. The highest BCUT2D eigenvalue weighted by Gasteiger charge is 2.32. The van der Waals surface area contributed by atoms with Crippen molar-refractivity contribution in [2.75, 3.05) is 36.6 Å². The van der Waals surface area contributed by atoms with Gasteiger partial charge >= 0.3 is 0 Å². The van der Waals surface area contributed by atoms with Crippen molar-refractivity contribution in [3.63, 3.8) is 0 Å². The molecular formula is C23H25N3O5S. The van der Waals surface area contributed by atoms with Crippen LogP contribution in [0.15, 0.2) is 44.3 Å². The Labute approximate surface area is 189 Å². The predicted octanol–water partition coefficient (Wildman–Crippen LogP) is 3.37. The van der Waals surface area contributed by atoms with E-state index < -0.39 is 10.9 Å². The summed E-state index contributed by atoms with van der Waals surface area (Å²) < 4.78 is 5.79. The van der Waals surface area contributed by atoms with Gasteiger partial charge in [0.2, 0.25) is 0 Å². The van der Waals surface area contributed by atoms with Gasteiger partial charge in [-0.2, -0.15) is 11.8 Å². The maximum atomic E-state index is 12.6. The minimum absolute atomic E-state index is 0.0804. The van der Waals surface area contributed by atoms with Crippen LogP contribution in [0.25, 0.3) is 0 Å². The summed E-state index contributed by atoms with van der Waals surface area (Å²) in [7, 11) is 3.17. The summed E-state index contributed by atoms with van der Waals surface area (Å²) >= 11 is 1.84. The molecule has 2 N–H and O–H groups in total. The summed E-state index contributed by atoms with van der Waals surface area (Å²) in [6.07, 6.45) is 2.13. The fourth-order valence-electron chi connectivity index (χ4n) is 3.80. The average Bonchev–Trinajstić information content (AvgIpc) is 3.44. The van der Waals surface area contributed by atoms with Crippen molar-refractivity contribution >= 4 is 40.6 Å². The second-order valence-electron chi connectivity index (χ2n) is 8.04. The molecule has 0 bridgehead atoms. The quantitative estimate of drug-likeness (QED) is 0.413. The summed E-state index contributed by atoms with van der Waals surface area (Å²) in [4.78, 5) is 40.6. The number of amides is 1. The zero-order valence-electron chi connectivity index (χ0n) is 18.2. The molecule has 0 radical (unpaired) electrons. The Balaban J connectivity index is 1.71. The van der Waals surface area contributed by atoms with Crippen LogP contribution in [-0.4, -0.2) is 47.6 Å². The number of carbonyl (C=O) groups is 1. The molecule has 1 aliphatic heterocycles. The molecule has 0 saturated carbocycles. The monoisotopic (exact) mass is 455 g/mol. The highest BCUT2D eigenvalue weighted by Crippen LogP contribution is 2.37. The van der Waals surface area contributed by atoms with Gasteiger partial charge in [-0.05, 0) is 43.7 Å². The van der Waals surface area contributed by atoms with Gasteiger partial charge in [0.15, 0.2) is 11.6 Å². The van der Waals surface area contributed by atoms with Gasteiger partial charge in [-0.3, -0.25) is 14.4 Å². The number of carbonyl (C=O) groups excluding carboxylic acids is 1. The Morgan fingerprint density at radius 1 is 1.22 bits per heavy atom. The van der Waals surface area contributed by atoms with Crippen molar-refractivity contribution in [2.45, 2.75) is 25.0 Å². The van der Waals surface area contributed by atoms with E-state index in [0.717, 1.165) is 18.6 Å². The van der Waals surface area contributed by atoms with Crippen LogP contribution in [0, 0.1) is 6.92 Å². The number of phenols is 1. The number of nitrogens with zero attached hydrogens (tertiary/aromatic N) is 2. The van der Waals surface area contributed by atoms with Crippen LogP contribution in [0.2, 0.25) is 0 Å². The first-order valence-corrected chi connectivity index (χ1v) is 11.4. The number of hydrogen-bond donors (Lipinski definition) is 2. The van der Waals surface area contributed by atoms with E-state index in [1.54, 1.807) is 37.2 Å². The lowest BCUT2D eigenvalue weighted by Gasteiger charge is -2.28. The van der Waals surface area contributed by atoms with E-state index in [4.69, 9.17) is 4.42 Å². The lowest BCUT2D eigenvalue weighted by Crippen LogP contribution is -2.42. The van der Waals surface area contributed by atoms with E-state index >= 15 is 0 Å². The number of phenolic OH excluding ortho intramolecular Hbond substituents is 1. The van der Waals surface area contributed by atoms with E-state index in [1.807, 2.05) is 24.8 Å². The van der Waals surface area contributed by atoms with E-state index in [2.05, 4.69) is 5.32 Å². The molecule has 4 rings (SSSR count). The second-order valence-corrected chi connectivity index (χ2v) is 9.45. The van der Waals surface area contributed by atoms with Crippen LogP contribution in [0.1, 0.15) is 29.0 Å². The molecule has 8 nitrogen and oxygen atoms in total.